The van der Waals surface area contributed by atoms with E-state index in [0.717, 1.165) is 15.7 Å². The molecule has 0 spiro atoms. The van der Waals surface area contributed by atoms with Gasteiger partial charge >= 0.3 is 6.18 Å². The second-order valence-corrected chi connectivity index (χ2v) is 5.14. The largest absolute Gasteiger partial charge is 0.453 e. The van der Waals surface area contributed by atoms with Crippen molar-refractivity contribution in [3.63, 3.8) is 0 Å². The van der Waals surface area contributed by atoms with E-state index in [-0.39, 0.29) is 5.65 Å². The SMILES string of the molecule is C=C(C)CN(C)c1nn2c(C(F)(F)F)nnc2c(C)c1C. The zero-order chi connectivity index (χ0) is 15.9. The number of aromatic nitrogens is 4. The van der Waals surface area contributed by atoms with E-state index in [0.29, 0.717) is 17.9 Å². The Labute approximate surface area is 120 Å². The monoisotopic (exact) mass is 299 g/mol. The molecule has 0 bridgehead atoms. The van der Waals surface area contributed by atoms with E-state index in [4.69, 9.17) is 0 Å². The Hall–Kier alpha value is -2.12. The second kappa shape index (κ2) is 5.01. The molecule has 0 amide bonds. The first kappa shape index (κ1) is 15.3. The minimum Gasteiger partial charge on any atom is -0.354 e. The zero-order valence-electron chi connectivity index (χ0n) is 12.3. The molecule has 21 heavy (non-hydrogen) atoms. The molecule has 2 heterocycles. The van der Waals surface area contributed by atoms with E-state index in [9.17, 15) is 13.2 Å². The minimum atomic E-state index is -4.60. The number of aryl methyl sites for hydroxylation is 1. The molecule has 0 N–H and O–H groups in total. The highest BCUT2D eigenvalue weighted by atomic mass is 19.4. The van der Waals surface area contributed by atoms with E-state index in [1.54, 1.807) is 25.8 Å². The summed E-state index contributed by atoms with van der Waals surface area (Å²) in [4.78, 5) is 1.75. The van der Waals surface area contributed by atoms with E-state index < -0.39 is 12.0 Å². The number of rotatable bonds is 3. The Morgan fingerprint density at radius 2 is 1.86 bits per heavy atom. The van der Waals surface area contributed by atoms with Gasteiger partial charge in [-0.2, -0.15) is 17.7 Å². The summed E-state index contributed by atoms with van der Waals surface area (Å²) >= 11 is 0. The van der Waals surface area contributed by atoms with Crippen molar-refractivity contribution >= 4 is 11.5 Å². The van der Waals surface area contributed by atoms with Gasteiger partial charge in [0.1, 0.15) is 0 Å². The fourth-order valence-electron chi connectivity index (χ4n) is 2.13. The highest BCUT2D eigenvalue weighted by Crippen LogP contribution is 2.30. The van der Waals surface area contributed by atoms with Crippen LogP contribution in [0.3, 0.4) is 0 Å². The van der Waals surface area contributed by atoms with Crippen molar-refractivity contribution < 1.29 is 13.2 Å². The summed E-state index contributed by atoms with van der Waals surface area (Å²) < 4.78 is 39.6. The van der Waals surface area contributed by atoms with Gasteiger partial charge in [0.25, 0.3) is 5.82 Å². The molecule has 0 unspecified atom stereocenters. The molecule has 0 aromatic carbocycles. The number of fused-ring (bicyclic) bond motifs is 1. The van der Waals surface area contributed by atoms with Gasteiger partial charge in [0.05, 0.1) is 0 Å². The van der Waals surface area contributed by atoms with Crippen LogP contribution < -0.4 is 4.90 Å². The van der Waals surface area contributed by atoms with E-state index in [2.05, 4.69) is 21.9 Å². The Morgan fingerprint density at radius 1 is 1.24 bits per heavy atom. The smallest absolute Gasteiger partial charge is 0.354 e. The zero-order valence-corrected chi connectivity index (χ0v) is 12.3. The summed E-state index contributed by atoms with van der Waals surface area (Å²) in [5.74, 6) is -0.668. The topological polar surface area (TPSA) is 46.3 Å². The van der Waals surface area contributed by atoms with Gasteiger partial charge in [-0.1, -0.05) is 12.2 Å². The van der Waals surface area contributed by atoms with Crippen LogP contribution in [0.25, 0.3) is 5.65 Å². The van der Waals surface area contributed by atoms with Crippen molar-refractivity contribution in [2.45, 2.75) is 26.9 Å². The minimum absolute atomic E-state index is 0.118. The molecule has 2 aromatic rings. The Kier molecular flexibility index (Phi) is 3.65. The van der Waals surface area contributed by atoms with Gasteiger partial charge in [0.15, 0.2) is 11.5 Å². The van der Waals surface area contributed by atoms with E-state index in [1.807, 2.05) is 6.92 Å². The highest BCUT2D eigenvalue weighted by molar-refractivity contribution is 5.59. The number of anilines is 1. The van der Waals surface area contributed by atoms with Gasteiger partial charge in [-0.05, 0) is 20.8 Å². The molecule has 0 atom stereocenters. The summed E-state index contributed by atoms with van der Waals surface area (Å²) in [5.41, 5.74) is 2.40. The molecule has 2 rings (SSSR count). The van der Waals surface area contributed by atoms with Crippen LogP contribution >= 0.6 is 0 Å². The average Bonchev–Trinajstić information content (AvgIpc) is 2.76. The first-order valence-electron chi connectivity index (χ1n) is 6.28. The third-order valence-electron chi connectivity index (χ3n) is 3.19. The van der Waals surface area contributed by atoms with Crippen molar-refractivity contribution in [2.24, 2.45) is 0 Å². The van der Waals surface area contributed by atoms with Gasteiger partial charge < -0.3 is 4.90 Å². The van der Waals surface area contributed by atoms with Gasteiger partial charge in [-0.3, -0.25) is 0 Å². The standard InChI is InChI=1S/C13H16F3N5/c1-7(2)6-20(5)11-9(4)8(3)10-17-18-12(13(14,15)16)21(10)19-11/h1,6H2,2-5H3. The summed E-state index contributed by atoms with van der Waals surface area (Å²) in [6.07, 6.45) is -4.60. The molecule has 0 aliphatic rings. The number of nitrogens with zero attached hydrogens (tertiary/aromatic N) is 5. The van der Waals surface area contributed by atoms with Crippen LogP contribution in [0.1, 0.15) is 23.9 Å². The van der Waals surface area contributed by atoms with Gasteiger partial charge in [-0.15, -0.1) is 15.3 Å². The van der Waals surface area contributed by atoms with Crippen molar-refractivity contribution in [1.82, 2.24) is 19.8 Å². The second-order valence-electron chi connectivity index (χ2n) is 5.14. The summed E-state index contributed by atoms with van der Waals surface area (Å²) in [6.45, 7) is 9.66. The normalized spacial score (nSPS) is 12.0. The van der Waals surface area contributed by atoms with E-state index >= 15 is 0 Å². The van der Waals surface area contributed by atoms with Gasteiger partial charge in [0.2, 0.25) is 0 Å². The summed E-state index contributed by atoms with van der Waals surface area (Å²) in [6, 6.07) is 0. The maximum atomic E-state index is 12.9. The maximum absolute atomic E-state index is 12.9. The van der Waals surface area contributed by atoms with Crippen LogP contribution in [0, 0.1) is 13.8 Å². The van der Waals surface area contributed by atoms with E-state index in [1.165, 1.54) is 0 Å². The van der Waals surface area contributed by atoms with Crippen LogP contribution in [0.2, 0.25) is 0 Å². The number of likely N-dealkylation sites (N-methyl/N-ethyl adjacent to an activating group) is 1. The summed E-state index contributed by atoms with van der Waals surface area (Å²) in [5, 5.41) is 10.9. The number of hydrogen-bond acceptors (Lipinski definition) is 4. The predicted molar refractivity (Wildman–Crippen MR) is 73.3 cm³/mol. The third kappa shape index (κ3) is 2.70. The molecule has 0 aliphatic carbocycles. The summed E-state index contributed by atoms with van der Waals surface area (Å²) in [7, 11) is 1.76. The van der Waals surface area contributed by atoms with Gasteiger partial charge in [0, 0.05) is 24.7 Å². The molecule has 0 aliphatic heterocycles. The van der Waals surface area contributed by atoms with Crippen molar-refractivity contribution in [1.29, 1.82) is 0 Å². The lowest BCUT2D eigenvalue weighted by Gasteiger charge is -2.21. The lowest BCUT2D eigenvalue weighted by Crippen LogP contribution is -2.24. The van der Waals surface area contributed by atoms with Crippen LogP contribution in [0.15, 0.2) is 12.2 Å². The van der Waals surface area contributed by atoms with Crippen LogP contribution in [0.4, 0.5) is 19.0 Å². The van der Waals surface area contributed by atoms with Crippen LogP contribution in [0.5, 0.6) is 0 Å². The Bertz CT molecular complexity index is 702. The first-order valence-corrected chi connectivity index (χ1v) is 6.28. The molecule has 0 radical (unpaired) electrons. The van der Waals surface area contributed by atoms with Crippen LogP contribution in [-0.2, 0) is 6.18 Å². The molecule has 0 saturated carbocycles. The maximum Gasteiger partial charge on any atom is 0.453 e. The molecule has 5 nitrogen and oxygen atoms in total. The van der Waals surface area contributed by atoms with Gasteiger partial charge in [-0.25, -0.2) is 0 Å². The van der Waals surface area contributed by atoms with Crippen molar-refractivity contribution in [3.8, 4) is 0 Å². The Balaban J connectivity index is 2.67. The molecular weight excluding hydrogens is 283 g/mol. The fraction of sp³-hybridized carbons (Fsp3) is 0.462. The van der Waals surface area contributed by atoms with Crippen LogP contribution in [-0.4, -0.2) is 33.4 Å². The molecule has 8 heteroatoms. The predicted octanol–water partition coefficient (Wildman–Crippen LogP) is 2.77. The molecule has 0 saturated heterocycles. The van der Waals surface area contributed by atoms with Crippen molar-refractivity contribution in [3.05, 3.63) is 29.1 Å². The molecular formula is C13H16F3N5. The lowest BCUT2D eigenvalue weighted by molar-refractivity contribution is -0.146. The number of halogens is 3. The first-order chi connectivity index (χ1) is 9.62. The lowest BCUT2D eigenvalue weighted by atomic mass is 10.1. The fourth-order valence-corrected chi connectivity index (χ4v) is 2.13. The molecule has 0 fully saturated rings. The number of hydrogen-bond donors (Lipinski definition) is 0. The number of alkyl halides is 3. The molecule has 114 valence electrons. The van der Waals surface area contributed by atoms with Crippen molar-refractivity contribution in [2.75, 3.05) is 18.5 Å². The average molecular weight is 299 g/mol. The molecule has 2 aromatic heterocycles. The quantitative estimate of drug-likeness (QED) is 0.818. The highest BCUT2D eigenvalue weighted by Gasteiger charge is 2.38. The third-order valence-corrected chi connectivity index (χ3v) is 3.19. The Morgan fingerprint density at radius 3 is 2.38 bits per heavy atom.